The first-order valence-electron chi connectivity index (χ1n) is 8.07. The molecule has 0 amide bonds. The first-order valence-corrected chi connectivity index (χ1v) is 8.07. The summed E-state index contributed by atoms with van der Waals surface area (Å²) in [5.74, 6) is 0.855. The van der Waals surface area contributed by atoms with E-state index < -0.39 is 0 Å². The quantitative estimate of drug-likeness (QED) is 0.625. The maximum Gasteiger partial charge on any atom is 0.191 e. The molecule has 1 aromatic carbocycles. The standard InChI is InChI=1S/C18H31N3O/c1-7-19-17(21-14(2)3)20-12-15-9-8-10-16(11-15)13-22-18(4,5)6/h8-11,14H,7,12-13H2,1-6H3,(H2,19,20,21). The summed E-state index contributed by atoms with van der Waals surface area (Å²) in [5.41, 5.74) is 2.26. The van der Waals surface area contributed by atoms with Crippen molar-refractivity contribution in [3.05, 3.63) is 35.4 Å². The van der Waals surface area contributed by atoms with Gasteiger partial charge in [-0.1, -0.05) is 24.3 Å². The van der Waals surface area contributed by atoms with Crippen LogP contribution in [0.25, 0.3) is 0 Å². The fourth-order valence-corrected chi connectivity index (χ4v) is 1.88. The van der Waals surface area contributed by atoms with Crippen LogP contribution < -0.4 is 10.6 Å². The molecule has 0 radical (unpaired) electrons. The summed E-state index contributed by atoms with van der Waals surface area (Å²) in [6.45, 7) is 14.6. The fourth-order valence-electron chi connectivity index (χ4n) is 1.88. The first-order chi connectivity index (χ1) is 10.3. The molecule has 0 aliphatic carbocycles. The maximum absolute atomic E-state index is 5.83. The van der Waals surface area contributed by atoms with E-state index in [0.717, 1.165) is 12.5 Å². The molecule has 0 atom stereocenters. The Morgan fingerprint density at radius 2 is 1.91 bits per heavy atom. The van der Waals surface area contributed by atoms with Gasteiger partial charge in [0.1, 0.15) is 0 Å². The normalized spacial score (nSPS) is 12.6. The van der Waals surface area contributed by atoms with Crippen LogP contribution >= 0.6 is 0 Å². The average Bonchev–Trinajstić information content (AvgIpc) is 2.42. The molecule has 124 valence electrons. The van der Waals surface area contributed by atoms with E-state index >= 15 is 0 Å². The van der Waals surface area contributed by atoms with Crippen LogP contribution in [-0.4, -0.2) is 24.1 Å². The molecule has 2 N–H and O–H groups in total. The van der Waals surface area contributed by atoms with Crippen molar-refractivity contribution in [1.29, 1.82) is 0 Å². The molecule has 0 aromatic heterocycles. The van der Waals surface area contributed by atoms with Gasteiger partial charge in [0, 0.05) is 12.6 Å². The highest BCUT2D eigenvalue weighted by molar-refractivity contribution is 5.79. The summed E-state index contributed by atoms with van der Waals surface area (Å²) in [5, 5.41) is 6.58. The Labute approximate surface area is 135 Å². The average molecular weight is 305 g/mol. The van der Waals surface area contributed by atoms with E-state index in [2.05, 4.69) is 81.4 Å². The number of rotatable bonds is 6. The molecule has 0 aliphatic heterocycles. The summed E-state index contributed by atoms with van der Waals surface area (Å²) in [4.78, 5) is 4.63. The van der Waals surface area contributed by atoms with E-state index in [1.54, 1.807) is 0 Å². The van der Waals surface area contributed by atoms with Gasteiger partial charge in [0.15, 0.2) is 5.96 Å². The van der Waals surface area contributed by atoms with Crippen LogP contribution in [0.1, 0.15) is 52.7 Å². The maximum atomic E-state index is 5.83. The van der Waals surface area contributed by atoms with E-state index in [-0.39, 0.29) is 5.60 Å². The summed E-state index contributed by atoms with van der Waals surface area (Å²) in [6.07, 6.45) is 0. The molecule has 0 bridgehead atoms. The van der Waals surface area contributed by atoms with E-state index in [1.165, 1.54) is 11.1 Å². The van der Waals surface area contributed by atoms with Gasteiger partial charge in [-0.05, 0) is 52.7 Å². The highest BCUT2D eigenvalue weighted by Crippen LogP contribution is 2.13. The van der Waals surface area contributed by atoms with Crippen LogP contribution in [-0.2, 0) is 17.9 Å². The summed E-state index contributed by atoms with van der Waals surface area (Å²) in [7, 11) is 0. The Morgan fingerprint density at radius 1 is 1.23 bits per heavy atom. The summed E-state index contributed by atoms with van der Waals surface area (Å²) in [6, 6.07) is 8.78. The lowest BCUT2D eigenvalue weighted by Crippen LogP contribution is -2.40. The van der Waals surface area contributed by atoms with Gasteiger partial charge in [0.05, 0.1) is 18.8 Å². The van der Waals surface area contributed by atoms with Crippen LogP contribution in [0.5, 0.6) is 0 Å². The number of hydrogen-bond acceptors (Lipinski definition) is 2. The largest absolute Gasteiger partial charge is 0.371 e. The van der Waals surface area contributed by atoms with Crippen LogP contribution in [0.2, 0.25) is 0 Å². The van der Waals surface area contributed by atoms with Gasteiger partial charge in [0.2, 0.25) is 0 Å². The van der Waals surface area contributed by atoms with E-state index in [9.17, 15) is 0 Å². The Bertz CT molecular complexity index is 475. The zero-order valence-corrected chi connectivity index (χ0v) is 14.9. The van der Waals surface area contributed by atoms with Crippen molar-refractivity contribution < 1.29 is 4.74 Å². The SMILES string of the molecule is CCNC(=NCc1cccc(COC(C)(C)C)c1)NC(C)C. The van der Waals surface area contributed by atoms with Gasteiger partial charge in [-0.3, -0.25) is 0 Å². The van der Waals surface area contributed by atoms with Crippen LogP contribution in [0, 0.1) is 0 Å². The predicted molar refractivity (Wildman–Crippen MR) is 94.1 cm³/mol. The molecular formula is C18H31N3O. The second-order valence-corrected chi connectivity index (χ2v) is 6.72. The smallest absolute Gasteiger partial charge is 0.191 e. The number of nitrogens with zero attached hydrogens (tertiary/aromatic N) is 1. The van der Waals surface area contributed by atoms with Crippen LogP contribution in [0.15, 0.2) is 29.3 Å². The molecule has 0 unspecified atom stereocenters. The number of guanidine groups is 1. The molecule has 4 nitrogen and oxygen atoms in total. The van der Waals surface area contributed by atoms with Crippen molar-refractivity contribution in [2.75, 3.05) is 6.54 Å². The highest BCUT2D eigenvalue weighted by Gasteiger charge is 2.10. The molecule has 0 saturated heterocycles. The number of hydrogen-bond donors (Lipinski definition) is 2. The first kappa shape index (κ1) is 18.5. The lowest BCUT2D eigenvalue weighted by molar-refractivity contribution is -0.0149. The Morgan fingerprint density at radius 3 is 2.50 bits per heavy atom. The Hall–Kier alpha value is -1.55. The number of ether oxygens (including phenoxy) is 1. The highest BCUT2D eigenvalue weighted by atomic mass is 16.5. The molecule has 1 rings (SSSR count). The zero-order chi connectivity index (χ0) is 16.6. The van der Waals surface area contributed by atoms with Crippen LogP contribution in [0.4, 0.5) is 0 Å². The topological polar surface area (TPSA) is 45.7 Å². The van der Waals surface area contributed by atoms with Crippen molar-refractivity contribution >= 4 is 5.96 Å². The zero-order valence-electron chi connectivity index (χ0n) is 14.9. The monoisotopic (exact) mass is 305 g/mol. The van der Waals surface area contributed by atoms with Crippen molar-refractivity contribution in [2.45, 2.75) is 66.3 Å². The molecule has 22 heavy (non-hydrogen) atoms. The third-order valence-electron chi connectivity index (χ3n) is 2.85. The minimum Gasteiger partial charge on any atom is -0.371 e. The molecule has 0 saturated carbocycles. The minimum atomic E-state index is -0.118. The third kappa shape index (κ3) is 8.03. The summed E-state index contributed by atoms with van der Waals surface area (Å²) >= 11 is 0. The molecular weight excluding hydrogens is 274 g/mol. The van der Waals surface area contributed by atoms with E-state index in [4.69, 9.17) is 4.74 Å². The minimum absolute atomic E-state index is 0.118. The number of benzene rings is 1. The second kappa shape index (κ2) is 8.79. The van der Waals surface area contributed by atoms with Crippen molar-refractivity contribution in [3.8, 4) is 0 Å². The van der Waals surface area contributed by atoms with Gasteiger partial charge >= 0.3 is 0 Å². The Balaban J connectivity index is 2.68. The van der Waals surface area contributed by atoms with Gasteiger partial charge in [-0.15, -0.1) is 0 Å². The second-order valence-electron chi connectivity index (χ2n) is 6.72. The van der Waals surface area contributed by atoms with Gasteiger partial charge in [-0.25, -0.2) is 4.99 Å². The van der Waals surface area contributed by atoms with Crippen molar-refractivity contribution in [2.24, 2.45) is 4.99 Å². The number of aliphatic imine (C=N–C) groups is 1. The van der Waals surface area contributed by atoms with Crippen molar-refractivity contribution in [3.63, 3.8) is 0 Å². The molecule has 0 aliphatic rings. The predicted octanol–water partition coefficient (Wildman–Crippen LogP) is 3.47. The third-order valence-corrected chi connectivity index (χ3v) is 2.85. The fraction of sp³-hybridized carbons (Fsp3) is 0.611. The molecule has 0 fully saturated rings. The summed E-state index contributed by atoms with van der Waals surface area (Å²) < 4.78 is 5.83. The lowest BCUT2D eigenvalue weighted by atomic mass is 10.1. The Kier molecular flexibility index (Phi) is 7.39. The van der Waals surface area contributed by atoms with Gasteiger partial charge in [-0.2, -0.15) is 0 Å². The lowest BCUT2D eigenvalue weighted by Gasteiger charge is -2.19. The molecule has 4 heteroatoms. The van der Waals surface area contributed by atoms with Gasteiger partial charge < -0.3 is 15.4 Å². The molecule has 0 spiro atoms. The van der Waals surface area contributed by atoms with Crippen molar-refractivity contribution in [1.82, 2.24) is 10.6 Å². The molecule has 1 aromatic rings. The van der Waals surface area contributed by atoms with Crippen LogP contribution in [0.3, 0.4) is 0 Å². The molecule has 0 heterocycles. The van der Waals surface area contributed by atoms with E-state index in [1.807, 2.05) is 0 Å². The van der Waals surface area contributed by atoms with E-state index in [0.29, 0.717) is 19.2 Å². The van der Waals surface area contributed by atoms with Gasteiger partial charge in [0.25, 0.3) is 0 Å². The number of nitrogens with one attached hydrogen (secondary N) is 2.